The van der Waals surface area contributed by atoms with Crippen molar-refractivity contribution >= 4 is 15.7 Å². The van der Waals surface area contributed by atoms with Crippen molar-refractivity contribution in [3.05, 3.63) is 23.3 Å². The van der Waals surface area contributed by atoms with Gasteiger partial charge >= 0.3 is 0 Å². The molecule has 5 heteroatoms. The van der Waals surface area contributed by atoms with Gasteiger partial charge < -0.3 is 5.73 Å². The van der Waals surface area contributed by atoms with Crippen LogP contribution in [0.4, 0.5) is 5.69 Å². The van der Waals surface area contributed by atoms with E-state index in [1.165, 1.54) is 0 Å². The van der Waals surface area contributed by atoms with Crippen LogP contribution in [-0.2, 0) is 10.0 Å². The van der Waals surface area contributed by atoms with Gasteiger partial charge in [-0.25, -0.2) is 13.1 Å². The molecule has 96 valence electrons. The zero-order valence-electron chi connectivity index (χ0n) is 10.7. The molecule has 3 N–H and O–H groups in total. The highest BCUT2D eigenvalue weighted by Gasteiger charge is 2.22. The number of nitrogens with one attached hydrogen (secondary N) is 1. The van der Waals surface area contributed by atoms with E-state index in [0.717, 1.165) is 6.42 Å². The zero-order valence-corrected chi connectivity index (χ0v) is 11.6. The molecule has 1 aromatic carbocycles. The lowest BCUT2D eigenvalue weighted by Gasteiger charge is -2.16. The Balaban J connectivity index is 3.29. The maximum Gasteiger partial charge on any atom is 0.241 e. The van der Waals surface area contributed by atoms with Gasteiger partial charge in [0, 0.05) is 11.7 Å². The highest BCUT2D eigenvalue weighted by atomic mass is 32.2. The molecule has 0 fully saturated rings. The molecule has 0 aliphatic carbocycles. The van der Waals surface area contributed by atoms with Crippen molar-refractivity contribution in [3.63, 3.8) is 0 Å². The lowest BCUT2D eigenvalue weighted by molar-refractivity contribution is 0.555. The molecule has 0 aliphatic heterocycles. The van der Waals surface area contributed by atoms with Crippen LogP contribution in [0.15, 0.2) is 17.0 Å². The third-order valence-corrected chi connectivity index (χ3v) is 4.76. The van der Waals surface area contributed by atoms with Gasteiger partial charge in [-0.15, -0.1) is 0 Å². The van der Waals surface area contributed by atoms with Crippen molar-refractivity contribution in [3.8, 4) is 0 Å². The predicted molar refractivity (Wildman–Crippen MR) is 70.4 cm³/mol. The zero-order chi connectivity index (χ0) is 13.2. The molecule has 1 atom stereocenters. The second-order valence-corrected chi connectivity index (χ2v) is 6.01. The van der Waals surface area contributed by atoms with E-state index >= 15 is 0 Å². The maximum atomic E-state index is 12.2. The summed E-state index contributed by atoms with van der Waals surface area (Å²) >= 11 is 0. The van der Waals surface area contributed by atoms with Gasteiger partial charge in [0.2, 0.25) is 10.0 Å². The first-order valence-electron chi connectivity index (χ1n) is 5.67. The first kappa shape index (κ1) is 14.0. The number of nitrogens with two attached hydrogens (primary N) is 1. The smallest absolute Gasteiger partial charge is 0.241 e. The predicted octanol–water partition coefficient (Wildman–Crippen LogP) is 1.96. The summed E-state index contributed by atoms with van der Waals surface area (Å²) in [6, 6.07) is 3.38. The Bertz CT molecular complexity index is 509. The Morgan fingerprint density at radius 3 is 2.47 bits per heavy atom. The highest BCUT2D eigenvalue weighted by Crippen LogP contribution is 2.24. The number of hydrogen-bond acceptors (Lipinski definition) is 3. The summed E-state index contributed by atoms with van der Waals surface area (Å²) in [6.45, 7) is 7.28. The van der Waals surface area contributed by atoms with Crippen LogP contribution in [0.3, 0.4) is 0 Å². The molecular weight excluding hydrogens is 236 g/mol. The Hall–Kier alpha value is -1.07. The summed E-state index contributed by atoms with van der Waals surface area (Å²) in [5.41, 5.74) is 7.58. The number of hydrogen-bond donors (Lipinski definition) is 2. The Labute approximate surface area is 103 Å². The van der Waals surface area contributed by atoms with E-state index in [9.17, 15) is 8.42 Å². The van der Waals surface area contributed by atoms with Gasteiger partial charge in [-0.05, 0) is 44.4 Å². The lowest BCUT2D eigenvalue weighted by Crippen LogP contribution is -2.33. The van der Waals surface area contributed by atoms with Gasteiger partial charge in [0.1, 0.15) is 0 Å². The van der Waals surface area contributed by atoms with Gasteiger partial charge in [-0.3, -0.25) is 0 Å². The van der Waals surface area contributed by atoms with Crippen molar-refractivity contribution in [1.82, 2.24) is 4.72 Å². The summed E-state index contributed by atoms with van der Waals surface area (Å²) in [5.74, 6) is 0. The quantitative estimate of drug-likeness (QED) is 0.809. The van der Waals surface area contributed by atoms with Crippen LogP contribution >= 0.6 is 0 Å². The number of rotatable bonds is 4. The molecule has 0 heterocycles. The molecule has 0 spiro atoms. The number of anilines is 1. The van der Waals surface area contributed by atoms with E-state index in [1.807, 2.05) is 13.8 Å². The van der Waals surface area contributed by atoms with E-state index in [0.29, 0.717) is 21.7 Å². The fraction of sp³-hybridized carbons (Fsp3) is 0.500. The van der Waals surface area contributed by atoms with E-state index < -0.39 is 10.0 Å². The minimum absolute atomic E-state index is 0.0831. The van der Waals surface area contributed by atoms with Crippen LogP contribution in [0.5, 0.6) is 0 Å². The van der Waals surface area contributed by atoms with Gasteiger partial charge in [0.05, 0.1) is 4.90 Å². The largest absolute Gasteiger partial charge is 0.398 e. The minimum Gasteiger partial charge on any atom is -0.398 e. The molecule has 1 unspecified atom stereocenters. The van der Waals surface area contributed by atoms with Crippen molar-refractivity contribution < 1.29 is 8.42 Å². The topological polar surface area (TPSA) is 72.2 Å². The van der Waals surface area contributed by atoms with Crippen LogP contribution in [0.2, 0.25) is 0 Å². The van der Waals surface area contributed by atoms with E-state index in [1.54, 1.807) is 26.0 Å². The first-order valence-corrected chi connectivity index (χ1v) is 7.16. The van der Waals surface area contributed by atoms with Gasteiger partial charge in [0.15, 0.2) is 0 Å². The summed E-state index contributed by atoms with van der Waals surface area (Å²) in [4.78, 5) is 0.304. The Morgan fingerprint density at radius 1 is 1.35 bits per heavy atom. The molecule has 0 amide bonds. The fourth-order valence-electron chi connectivity index (χ4n) is 1.66. The molecule has 1 rings (SSSR count). The number of sulfonamides is 1. The second-order valence-electron chi connectivity index (χ2n) is 4.36. The molecular formula is C12H20N2O2S. The van der Waals surface area contributed by atoms with Gasteiger partial charge in [0.25, 0.3) is 0 Å². The van der Waals surface area contributed by atoms with Crippen LogP contribution in [0, 0.1) is 13.8 Å². The van der Waals surface area contributed by atoms with Crippen molar-refractivity contribution in [2.45, 2.75) is 45.1 Å². The molecule has 0 saturated heterocycles. The SMILES string of the molecule is CCC(C)NS(=O)(=O)c1c(C)ccc(N)c1C. The monoisotopic (exact) mass is 256 g/mol. The summed E-state index contributed by atoms with van der Waals surface area (Å²) in [5, 5.41) is 0. The fourth-order valence-corrected chi connectivity index (χ4v) is 3.49. The average molecular weight is 256 g/mol. The van der Waals surface area contributed by atoms with Crippen molar-refractivity contribution in [2.24, 2.45) is 0 Å². The molecule has 17 heavy (non-hydrogen) atoms. The molecule has 4 nitrogen and oxygen atoms in total. The Kier molecular flexibility index (Phi) is 4.16. The molecule has 0 aliphatic rings. The molecule has 0 aromatic heterocycles. The van der Waals surface area contributed by atoms with E-state index in [-0.39, 0.29) is 6.04 Å². The van der Waals surface area contributed by atoms with Gasteiger partial charge in [-0.2, -0.15) is 0 Å². The number of aryl methyl sites for hydroxylation is 1. The standard InChI is InChI=1S/C12H20N2O2S/c1-5-9(3)14-17(15,16)12-8(2)6-7-11(13)10(12)4/h6-7,9,14H,5,13H2,1-4H3. The van der Waals surface area contributed by atoms with E-state index in [2.05, 4.69) is 4.72 Å². The van der Waals surface area contributed by atoms with Gasteiger partial charge in [-0.1, -0.05) is 13.0 Å². The van der Waals surface area contributed by atoms with Crippen LogP contribution in [-0.4, -0.2) is 14.5 Å². The summed E-state index contributed by atoms with van der Waals surface area (Å²) < 4.78 is 27.1. The molecule has 0 bridgehead atoms. The Morgan fingerprint density at radius 2 is 1.94 bits per heavy atom. The third-order valence-electron chi connectivity index (χ3n) is 2.88. The van der Waals surface area contributed by atoms with E-state index in [4.69, 9.17) is 5.73 Å². The molecule has 0 saturated carbocycles. The van der Waals surface area contributed by atoms with Crippen LogP contribution in [0.1, 0.15) is 31.4 Å². The third kappa shape index (κ3) is 2.98. The summed E-state index contributed by atoms with van der Waals surface area (Å²) in [6.07, 6.45) is 0.750. The lowest BCUT2D eigenvalue weighted by atomic mass is 10.1. The minimum atomic E-state index is -3.49. The number of benzene rings is 1. The average Bonchev–Trinajstić information content (AvgIpc) is 2.23. The normalized spacial score (nSPS) is 13.6. The van der Waals surface area contributed by atoms with Crippen molar-refractivity contribution in [2.75, 3.05) is 5.73 Å². The first-order chi connectivity index (χ1) is 7.79. The molecule has 1 aromatic rings. The summed E-state index contributed by atoms with van der Waals surface area (Å²) in [7, 11) is -3.49. The molecule has 0 radical (unpaired) electrons. The highest BCUT2D eigenvalue weighted by molar-refractivity contribution is 7.89. The number of nitrogen functional groups attached to an aromatic ring is 1. The van der Waals surface area contributed by atoms with Crippen LogP contribution < -0.4 is 10.5 Å². The maximum absolute atomic E-state index is 12.2. The van der Waals surface area contributed by atoms with Crippen molar-refractivity contribution in [1.29, 1.82) is 0 Å². The van der Waals surface area contributed by atoms with Crippen LogP contribution in [0.25, 0.3) is 0 Å². The second kappa shape index (κ2) is 5.06.